The van der Waals surface area contributed by atoms with Gasteiger partial charge in [-0.1, -0.05) is 25.3 Å². The fourth-order valence-corrected chi connectivity index (χ4v) is 3.86. The largest absolute Gasteiger partial charge is 0.482 e. The van der Waals surface area contributed by atoms with Gasteiger partial charge in [0.05, 0.1) is 0 Å². The van der Waals surface area contributed by atoms with E-state index in [4.69, 9.17) is 9.84 Å². The number of ether oxygens (including phenoxy) is 1. The number of aliphatic carboxylic acids is 1. The molecule has 3 rings (SSSR count). The minimum absolute atomic E-state index is 0.0215. The first-order chi connectivity index (χ1) is 11.1. The molecule has 0 unspecified atom stereocenters. The summed E-state index contributed by atoms with van der Waals surface area (Å²) in [6.07, 6.45) is 7.45. The van der Waals surface area contributed by atoms with Crippen LogP contribution in [-0.4, -0.2) is 41.6 Å². The maximum atomic E-state index is 12.7. The molecule has 0 atom stereocenters. The Morgan fingerprint density at radius 1 is 1.17 bits per heavy atom. The first-order valence-electron chi connectivity index (χ1n) is 8.32. The quantitative estimate of drug-likeness (QED) is 0.927. The van der Waals surface area contributed by atoms with Crippen molar-refractivity contribution in [2.45, 2.75) is 38.5 Å². The third-order valence-corrected chi connectivity index (χ3v) is 5.08. The van der Waals surface area contributed by atoms with Crippen LogP contribution in [0.4, 0.5) is 0 Å². The van der Waals surface area contributed by atoms with Crippen LogP contribution in [-0.2, 0) is 4.79 Å². The number of hydrogen-bond acceptors (Lipinski definition) is 3. The van der Waals surface area contributed by atoms with Gasteiger partial charge in [0, 0.05) is 18.7 Å². The van der Waals surface area contributed by atoms with Gasteiger partial charge in [-0.05, 0) is 42.9 Å². The van der Waals surface area contributed by atoms with E-state index >= 15 is 0 Å². The van der Waals surface area contributed by atoms with E-state index in [0.29, 0.717) is 16.7 Å². The standard InChI is InChI=1S/C18H23NO4/c20-16(21)12-23-15-6-4-5-14(11-15)17(22)19-10-9-18(13-19)7-2-1-3-8-18/h4-6,11H,1-3,7-10,12-13H2,(H,20,21). The lowest BCUT2D eigenvalue weighted by atomic mass is 9.73. The Balaban J connectivity index is 1.66. The molecule has 1 aromatic carbocycles. The second-order valence-corrected chi connectivity index (χ2v) is 6.75. The van der Waals surface area contributed by atoms with Crippen molar-refractivity contribution in [3.05, 3.63) is 29.8 Å². The lowest BCUT2D eigenvalue weighted by Gasteiger charge is -2.33. The molecule has 5 nitrogen and oxygen atoms in total. The lowest BCUT2D eigenvalue weighted by molar-refractivity contribution is -0.139. The molecule has 1 aromatic rings. The van der Waals surface area contributed by atoms with Crippen molar-refractivity contribution in [1.82, 2.24) is 4.90 Å². The summed E-state index contributed by atoms with van der Waals surface area (Å²) >= 11 is 0. The molecular formula is C18H23NO4. The van der Waals surface area contributed by atoms with E-state index in [9.17, 15) is 9.59 Å². The Morgan fingerprint density at radius 2 is 1.96 bits per heavy atom. The Bertz CT molecular complexity index is 592. The van der Waals surface area contributed by atoms with Gasteiger partial charge < -0.3 is 14.7 Å². The molecule has 1 N–H and O–H groups in total. The minimum Gasteiger partial charge on any atom is -0.482 e. The molecule has 1 heterocycles. The zero-order valence-electron chi connectivity index (χ0n) is 13.3. The van der Waals surface area contributed by atoms with Crippen LogP contribution in [0.2, 0.25) is 0 Å². The number of hydrogen-bond donors (Lipinski definition) is 1. The van der Waals surface area contributed by atoms with Crippen LogP contribution >= 0.6 is 0 Å². The Morgan fingerprint density at radius 3 is 2.70 bits per heavy atom. The number of nitrogens with zero attached hydrogens (tertiary/aromatic N) is 1. The van der Waals surface area contributed by atoms with Crippen LogP contribution in [0.3, 0.4) is 0 Å². The Hall–Kier alpha value is -2.04. The summed E-state index contributed by atoms with van der Waals surface area (Å²) < 4.78 is 5.16. The lowest BCUT2D eigenvalue weighted by Crippen LogP contribution is -2.33. The number of amides is 1. The van der Waals surface area contributed by atoms with Crippen LogP contribution in [0.1, 0.15) is 48.9 Å². The molecule has 5 heteroatoms. The molecular weight excluding hydrogens is 294 g/mol. The average Bonchev–Trinajstić information content (AvgIpc) is 2.96. The molecule has 2 aliphatic rings. The molecule has 1 spiro atoms. The highest BCUT2D eigenvalue weighted by atomic mass is 16.5. The molecule has 1 saturated carbocycles. The minimum atomic E-state index is -1.03. The first-order valence-corrected chi connectivity index (χ1v) is 8.32. The van der Waals surface area contributed by atoms with Crippen molar-refractivity contribution in [2.24, 2.45) is 5.41 Å². The fourth-order valence-electron chi connectivity index (χ4n) is 3.86. The van der Waals surface area contributed by atoms with Crippen molar-refractivity contribution in [2.75, 3.05) is 19.7 Å². The summed E-state index contributed by atoms with van der Waals surface area (Å²) in [6, 6.07) is 6.81. The molecule has 1 aliphatic carbocycles. The summed E-state index contributed by atoms with van der Waals surface area (Å²) in [5, 5.41) is 8.67. The van der Waals surface area contributed by atoms with Crippen LogP contribution in [0, 0.1) is 5.41 Å². The summed E-state index contributed by atoms with van der Waals surface area (Å²) in [4.78, 5) is 25.2. The first kappa shape index (κ1) is 15.8. The summed E-state index contributed by atoms with van der Waals surface area (Å²) in [5.41, 5.74) is 0.909. The van der Waals surface area contributed by atoms with Crippen LogP contribution in [0.5, 0.6) is 5.75 Å². The van der Waals surface area contributed by atoms with E-state index in [0.717, 1.165) is 19.5 Å². The van der Waals surface area contributed by atoms with Crippen molar-refractivity contribution >= 4 is 11.9 Å². The highest BCUT2D eigenvalue weighted by molar-refractivity contribution is 5.94. The van der Waals surface area contributed by atoms with Gasteiger partial charge >= 0.3 is 5.97 Å². The predicted octanol–water partition coefficient (Wildman–Crippen LogP) is 2.95. The van der Waals surface area contributed by atoms with Crippen molar-refractivity contribution in [1.29, 1.82) is 0 Å². The highest BCUT2D eigenvalue weighted by Gasteiger charge is 2.40. The molecule has 1 amide bonds. The molecule has 1 aliphatic heterocycles. The van der Waals surface area contributed by atoms with Gasteiger partial charge in [-0.25, -0.2) is 4.79 Å². The summed E-state index contributed by atoms with van der Waals surface area (Å²) in [6.45, 7) is 1.27. The van der Waals surface area contributed by atoms with Crippen LogP contribution in [0.25, 0.3) is 0 Å². The second-order valence-electron chi connectivity index (χ2n) is 6.75. The second kappa shape index (κ2) is 6.60. The molecule has 0 bridgehead atoms. The monoisotopic (exact) mass is 317 g/mol. The molecule has 23 heavy (non-hydrogen) atoms. The maximum absolute atomic E-state index is 12.7. The van der Waals surface area contributed by atoms with E-state index in [1.54, 1.807) is 24.3 Å². The number of likely N-dealkylation sites (tertiary alicyclic amines) is 1. The highest BCUT2D eigenvalue weighted by Crippen LogP contribution is 2.43. The van der Waals surface area contributed by atoms with Crippen molar-refractivity contribution < 1.29 is 19.4 Å². The molecule has 1 saturated heterocycles. The number of carbonyl (C=O) groups is 2. The summed E-state index contributed by atoms with van der Waals surface area (Å²) in [5.74, 6) is -0.585. The number of benzene rings is 1. The van der Waals surface area contributed by atoms with Gasteiger partial charge in [-0.15, -0.1) is 0 Å². The van der Waals surface area contributed by atoms with Gasteiger partial charge in [-0.3, -0.25) is 4.79 Å². The van der Waals surface area contributed by atoms with Gasteiger partial charge in [0.1, 0.15) is 5.75 Å². The maximum Gasteiger partial charge on any atom is 0.341 e. The van der Waals surface area contributed by atoms with Gasteiger partial charge in [0.2, 0.25) is 0 Å². The zero-order valence-corrected chi connectivity index (χ0v) is 13.3. The third kappa shape index (κ3) is 3.66. The van der Waals surface area contributed by atoms with Crippen LogP contribution < -0.4 is 4.74 Å². The van der Waals surface area contributed by atoms with E-state index in [-0.39, 0.29) is 5.91 Å². The van der Waals surface area contributed by atoms with E-state index < -0.39 is 12.6 Å². The summed E-state index contributed by atoms with van der Waals surface area (Å²) in [7, 11) is 0. The van der Waals surface area contributed by atoms with E-state index in [2.05, 4.69) is 0 Å². The molecule has 2 fully saturated rings. The van der Waals surface area contributed by atoms with E-state index in [1.807, 2.05) is 4.90 Å². The molecule has 124 valence electrons. The molecule has 0 radical (unpaired) electrons. The van der Waals surface area contributed by atoms with Gasteiger partial charge in [0.15, 0.2) is 6.61 Å². The van der Waals surface area contributed by atoms with Gasteiger partial charge in [0.25, 0.3) is 5.91 Å². The normalized spacial score (nSPS) is 19.7. The Labute approximate surface area is 136 Å². The molecule has 0 aromatic heterocycles. The SMILES string of the molecule is O=C(O)COc1cccc(C(=O)N2CCC3(CCCCC3)C2)c1. The number of carboxylic acid groups (broad SMARTS) is 1. The topological polar surface area (TPSA) is 66.8 Å². The number of carbonyl (C=O) groups excluding carboxylic acids is 1. The Kier molecular flexibility index (Phi) is 4.55. The van der Waals surface area contributed by atoms with E-state index in [1.165, 1.54) is 32.1 Å². The van der Waals surface area contributed by atoms with Gasteiger partial charge in [-0.2, -0.15) is 0 Å². The number of rotatable bonds is 4. The van der Waals surface area contributed by atoms with Crippen molar-refractivity contribution in [3.8, 4) is 5.75 Å². The number of carboxylic acids is 1. The van der Waals surface area contributed by atoms with Crippen molar-refractivity contribution in [3.63, 3.8) is 0 Å². The third-order valence-electron chi connectivity index (χ3n) is 5.08. The van der Waals surface area contributed by atoms with Crippen LogP contribution in [0.15, 0.2) is 24.3 Å². The smallest absolute Gasteiger partial charge is 0.341 e. The predicted molar refractivity (Wildman–Crippen MR) is 85.6 cm³/mol. The average molecular weight is 317 g/mol. The zero-order chi connectivity index (χ0) is 16.3. The fraction of sp³-hybridized carbons (Fsp3) is 0.556.